The van der Waals surface area contributed by atoms with Crippen LogP contribution in [0.4, 0.5) is 5.13 Å². The number of anilines is 1. The van der Waals surface area contributed by atoms with Crippen molar-refractivity contribution in [2.75, 3.05) is 5.32 Å². The summed E-state index contributed by atoms with van der Waals surface area (Å²) in [6.07, 6.45) is 3.23. The van der Waals surface area contributed by atoms with Crippen LogP contribution in [0.2, 0.25) is 0 Å². The fourth-order valence-electron chi connectivity index (χ4n) is 2.41. The SMILES string of the molecule is O=C(Nc1nc(-c2ccccn2)cs1)c1cn[nH]c1-c1ccccc1. The number of rotatable bonds is 4. The summed E-state index contributed by atoms with van der Waals surface area (Å²) >= 11 is 1.36. The molecular weight excluding hydrogens is 334 g/mol. The van der Waals surface area contributed by atoms with Crippen LogP contribution in [0.5, 0.6) is 0 Å². The number of aromatic amines is 1. The number of hydrogen-bond donors (Lipinski definition) is 2. The summed E-state index contributed by atoms with van der Waals surface area (Å²) in [5.74, 6) is -0.255. The zero-order valence-electron chi connectivity index (χ0n) is 13.0. The first kappa shape index (κ1) is 15.2. The Morgan fingerprint density at radius 1 is 1.04 bits per heavy atom. The third kappa shape index (κ3) is 3.17. The Morgan fingerprint density at radius 3 is 2.68 bits per heavy atom. The molecule has 122 valence electrons. The Balaban J connectivity index is 1.56. The summed E-state index contributed by atoms with van der Waals surface area (Å²) in [6.45, 7) is 0. The lowest BCUT2D eigenvalue weighted by atomic mass is 10.1. The van der Waals surface area contributed by atoms with E-state index in [2.05, 4.69) is 25.5 Å². The maximum absolute atomic E-state index is 12.6. The van der Waals surface area contributed by atoms with Gasteiger partial charge in [0.1, 0.15) is 5.69 Å². The van der Waals surface area contributed by atoms with Gasteiger partial charge in [-0.25, -0.2) is 4.98 Å². The number of carbonyl (C=O) groups is 1. The fourth-order valence-corrected chi connectivity index (χ4v) is 3.11. The molecular formula is C18H13N5OS. The van der Waals surface area contributed by atoms with Crippen molar-refractivity contribution < 1.29 is 4.79 Å². The molecule has 7 heteroatoms. The first-order chi connectivity index (χ1) is 12.3. The second-order valence-corrected chi connectivity index (χ2v) is 6.09. The minimum absolute atomic E-state index is 0.255. The van der Waals surface area contributed by atoms with Gasteiger partial charge in [-0.15, -0.1) is 11.3 Å². The molecule has 0 spiro atoms. The summed E-state index contributed by atoms with van der Waals surface area (Å²) in [7, 11) is 0. The Morgan fingerprint density at radius 2 is 1.88 bits per heavy atom. The number of hydrogen-bond acceptors (Lipinski definition) is 5. The molecule has 4 aromatic rings. The van der Waals surface area contributed by atoms with E-state index in [1.54, 1.807) is 6.20 Å². The van der Waals surface area contributed by atoms with E-state index in [9.17, 15) is 4.79 Å². The van der Waals surface area contributed by atoms with Crippen LogP contribution >= 0.6 is 11.3 Å². The molecule has 0 atom stereocenters. The molecule has 0 saturated carbocycles. The van der Waals surface area contributed by atoms with Crippen LogP contribution in [0.15, 0.2) is 66.3 Å². The second-order valence-electron chi connectivity index (χ2n) is 5.23. The van der Waals surface area contributed by atoms with Gasteiger partial charge in [-0.2, -0.15) is 5.10 Å². The van der Waals surface area contributed by atoms with E-state index >= 15 is 0 Å². The van der Waals surface area contributed by atoms with E-state index in [1.807, 2.05) is 53.9 Å². The van der Waals surface area contributed by atoms with Crippen LogP contribution in [0.3, 0.4) is 0 Å². The Bertz CT molecular complexity index is 995. The van der Waals surface area contributed by atoms with Gasteiger partial charge >= 0.3 is 0 Å². The molecule has 0 aliphatic carbocycles. The summed E-state index contributed by atoms with van der Waals surface area (Å²) < 4.78 is 0. The van der Waals surface area contributed by atoms with Gasteiger partial charge in [0, 0.05) is 17.1 Å². The van der Waals surface area contributed by atoms with Crippen molar-refractivity contribution in [2.24, 2.45) is 0 Å². The van der Waals surface area contributed by atoms with E-state index in [-0.39, 0.29) is 5.91 Å². The number of nitrogens with one attached hydrogen (secondary N) is 2. The monoisotopic (exact) mass is 347 g/mol. The van der Waals surface area contributed by atoms with E-state index in [1.165, 1.54) is 17.5 Å². The van der Waals surface area contributed by atoms with E-state index in [0.29, 0.717) is 16.4 Å². The highest BCUT2D eigenvalue weighted by atomic mass is 32.1. The van der Waals surface area contributed by atoms with Crippen LogP contribution in [0.25, 0.3) is 22.6 Å². The molecule has 4 rings (SSSR count). The number of thiazole rings is 1. The third-order valence-electron chi connectivity index (χ3n) is 3.60. The van der Waals surface area contributed by atoms with Gasteiger partial charge in [0.2, 0.25) is 0 Å². The molecule has 3 heterocycles. The van der Waals surface area contributed by atoms with Gasteiger partial charge in [0.25, 0.3) is 5.91 Å². The number of amides is 1. The minimum atomic E-state index is -0.255. The average Bonchev–Trinajstić information content (AvgIpc) is 3.33. The predicted molar refractivity (Wildman–Crippen MR) is 97.3 cm³/mol. The van der Waals surface area contributed by atoms with E-state index in [0.717, 1.165) is 17.0 Å². The lowest BCUT2D eigenvalue weighted by Crippen LogP contribution is -2.12. The van der Waals surface area contributed by atoms with Crippen molar-refractivity contribution in [3.63, 3.8) is 0 Å². The topological polar surface area (TPSA) is 83.6 Å². The maximum atomic E-state index is 12.6. The largest absolute Gasteiger partial charge is 0.298 e. The quantitative estimate of drug-likeness (QED) is 0.587. The van der Waals surface area contributed by atoms with Gasteiger partial charge in [0.15, 0.2) is 5.13 Å². The number of benzene rings is 1. The fraction of sp³-hybridized carbons (Fsp3) is 0. The number of carbonyl (C=O) groups excluding carboxylic acids is 1. The molecule has 6 nitrogen and oxygen atoms in total. The Hall–Kier alpha value is -3.32. The highest BCUT2D eigenvalue weighted by molar-refractivity contribution is 7.14. The van der Waals surface area contributed by atoms with Crippen molar-refractivity contribution in [3.05, 3.63) is 71.9 Å². The second kappa shape index (κ2) is 6.66. The van der Waals surface area contributed by atoms with E-state index in [4.69, 9.17) is 0 Å². The van der Waals surface area contributed by atoms with Gasteiger partial charge in [-0.05, 0) is 12.1 Å². The van der Waals surface area contributed by atoms with Crippen molar-refractivity contribution in [1.82, 2.24) is 20.2 Å². The zero-order valence-corrected chi connectivity index (χ0v) is 13.8. The van der Waals surface area contributed by atoms with Gasteiger partial charge in [-0.1, -0.05) is 36.4 Å². The van der Waals surface area contributed by atoms with Gasteiger partial charge in [-0.3, -0.25) is 20.2 Å². The Labute approximate surface area is 147 Å². The molecule has 0 aliphatic heterocycles. The molecule has 0 radical (unpaired) electrons. The molecule has 0 aliphatic rings. The van der Waals surface area contributed by atoms with E-state index < -0.39 is 0 Å². The van der Waals surface area contributed by atoms with Crippen LogP contribution < -0.4 is 5.32 Å². The third-order valence-corrected chi connectivity index (χ3v) is 4.36. The van der Waals surface area contributed by atoms with Crippen molar-refractivity contribution in [3.8, 4) is 22.6 Å². The molecule has 25 heavy (non-hydrogen) atoms. The smallest absolute Gasteiger partial charge is 0.261 e. The molecule has 0 unspecified atom stereocenters. The molecule has 2 N–H and O–H groups in total. The van der Waals surface area contributed by atoms with Crippen LogP contribution in [-0.4, -0.2) is 26.1 Å². The Kier molecular flexibility index (Phi) is 4.05. The summed E-state index contributed by atoms with van der Waals surface area (Å²) in [5, 5.41) is 12.1. The van der Waals surface area contributed by atoms with Crippen LogP contribution in [-0.2, 0) is 0 Å². The average molecular weight is 347 g/mol. The normalized spacial score (nSPS) is 10.6. The summed E-state index contributed by atoms with van der Waals surface area (Å²) in [6, 6.07) is 15.2. The number of aromatic nitrogens is 4. The molecule has 0 fully saturated rings. The number of H-pyrrole nitrogens is 1. The minimum Gasteiger partial charge on any atom is -0.298 e. The van der Waals surface area contributed by atoms with Crippen molar-refractivity contribution in [2.45, 2.75) is 0 Å². The summed E-state index contributed by atoms with van der Waals surface area (Å²) in [5.41, 5.74) is 3.56. The molecule has 1 amide bonds. The lowest BCUT2D eigenvalue weighted by molar-refractivity contribution is 0.102. The standard InChI is InChI=1S/C18H13N5OS/c24-17(13-10-20-23-16(13)12-6-2-1-3-7-12)22-18-21-15(11-25-18)14-8-4-5-9-19-14/h1-11H,(H,20,23)(H,21,22,24). The highest BCUT2D eigenvalue weighted by Crippen LogP contribution is 2.25. The lowest BCUT2D eigenvalue weighted by Gasteiger charge is -2.03. The van der Waals surface area contributed by atoms with Gasteiger partial charge < -0.3 is 0 Å². The van der Waals surface area contributed by atoms with Crippen LogP contribution in [0, 0.1) is 0 Å². The first-order valence-electron chi connectivity index (χ1n) is 7.58. The molecule has 3 aromatic heterocycles. The molecule has 0 saturated heterocycles. The number of nitrogens with zero attached hydrogens (tertiary/aromatic N) is 3. The van der Waals surface area contributed by atoms with Crippen LogP contribution in [0.1, 0.15) is 10.4 Å². The maximum Gasteiger partial charge on any atom is 0.261 e. The van der Waals surface area contributed by atoms with Crippen molar-refractivity contribution >= 4 is 22.4 Å². The predicted octanol–water partition coefficient (Wildman–Crippen LogP) is 3.85. The highest BCUT2D eigenvalue weighted by Gasteiger charge is 2.17. The number of pyridine rings is 1. The van der Waals surface area contributed by atoms with Crippen molar-refractivity contribution in [1.29, 1.82) is 0 Å². The molecule has 0 bridgehead atoms. The summed E-state index contributed by atoms with van der Waals surface area (Å²) in [4.78, 5) is 21.3. The molecule has 1 aromatic carbocycles. The van der Waals surface area contributed by atoms with Gasteiger partial charge in [0.05, 0.1) is 23.1 Å². The first-order valence-corrected chi connectivity index (χ1v) is 8.46. The zero-order chi connectivity index (χ0) is 17.1.